The van der Waals surface area contributed by atoms with Gasteiger partial charge in [0, 0.05) is 24.8 Å². The van der Waals surface area contributed by atoms with Crippen LogP contribution in [0.25, 0.3) is 0 Å². The molecule has 0 aliphatic carbocycles. The molecule has 1 aromatic carbocycles. The number of rotatable bonds is 5. The zero-order valence-corrected chi connectivity index (χ0v) is 12.7. The minimum Gasteiger partial charge on any atom is -0.389 e. The van der Waals surface area contributed by atoms with Crippen LogP contribution in [0.5, 0.6) is 0 Å². The Morgan fingerprint density at radius 1 is 1.25 bits per heavy atom. The zero-order chi connectivity index (χ0) is 14.5. The maximum absolute atomic E-state index is 5.66. The van der Waals surface area contributed by atoms with Crippen molar-refractivity contribution in [3.63, 3.8) is 0 Å². The predicted octanol–water partition coefficient (Wildman–Crippen LogP) is 2.66. The molecule has 0 bridgehead atoms. The Labute approximate surface area is 125 Å². The topological polar surface area (TPSA) is 42.2 Å². The van der Waals surface area contributed by atoms with E-state index in [1.165, 1.54) is 11.1 Å². The van der Waals surface area contributed by atoms with E-state index in [2.05, 4.69) is 36.0 Å². The first kappa shape index (κ1) is 14.6. The normalized spacial score (nSPS) is 10.8. The second-order valence-electron chi connectivity index (χ2n) is 5.00. The Hall–Kier alpha value is -1.78. The van der Waals surface area contributed by atoms with Crippen LogP contribution in [0.2, 0.25) is 0 Å². The maximum atomic E-state index is 5.66. The molecule has 2 rings (SSSR count). The Kier molecular flexibility index (Phi) is 4.82. The molecule has 0 aliphatic rings. The summed E-state index contributed by atoms with van der Waals surface area (Å²) < 4.78 is 0. The van der Waals surface area contributed by atoms with Gasteiger partial charge in [-0.1, -0.05) is 36.5 Å². The highest BCUT2D eigenvalue weighted by Gasteiger charge is 2.06. The lowest BCUT2D eigenvalue weighted by Crippen LogP contribution is -2.19. The fraction of sp³-hybridized carbons (Fsp3) is 0.250. The summed E-state index contributed by atoms with van der Waals surface area (Å²) in [6.45, 7) is 3.75. The summed E-state index contributed by atoms with van der Waals surface area (Å²) in [4.78, 5) is 7.09. The Morgan fingerprint density at radius 3 is 2.75 bits per heavy atom. The highest BCUT2D eigenvalue weighted by atomic mass is 32.1. The van der Waals surface area contributed by atoms with Crippen molar-refractivity contribution in [2.75, 3.05) is 7.05 Å². The van der Waals surface area contributed by atoms with Crippen molar-refractivity contribution in [2.45, 2.75) is 20.0 Å². The monoisotopic (exact) mass is 285 g/mol. The molecular formula is C16H19N3S. The van der Waals surface area contributed by atoms with Crippen LogP contribution in [0, 0.1) is 6.92 Å². The molecule has 0 amide bonds. The summed E-state index contributed by atoms with van der Waals surface area (Å²) in [6, 6.07) is 12.1. The molecule has 0 fully saturated rings. The number of pyridine rings is 1. The molecule has 20 heavy (non-hydrogen) atoms. The van der Waals surface area contributed by atoms with Crippen molar-refractivity contribution < 1.29 is 0 Å². The van der Waals surface area contributed by atoms with Gasteiger partial charge in [-0.2, -0.15) is 0 Å². The third-order valence-corrected chi connectivity index (χ3v) is 3.44. The van der Waals surface area contributed by atoms with Gasteiger partial charge in [0.05, 0.1) is 5.69 Å². The molecule has 0 saturated heterocycles. The number of hydrogen-bond donors (Lipinski definition) is 1. The highest BCUT2D eigenvalue weighted by Crippen LogP contribution is 2.11. The number of thiocarbonyl (C=S) groups is 1. The zero-order valence-electron chi connectivity index (χ0n) is 11.8. The molecule has 0 saturated carbocycles. The lowest BCUT2D eigenvalue weighted by atomic mass is 10.1. The summed E-state index contributed by atoms with van der Waals surface area (Å²) in [5, 5.41) is 0. The number of nitrogens with zero attached hydrogens (tertiary/aromatic N) is 2. The van der Waals surface area contributed by atoms with Gasteiger partial charge in [0.25, 0.3) is 0 Å². The second kappa shape index (κ2) is 6.59. The summed E-state index contributed by atoms with van der Waals surface area (Å²) in [5.41, 5.74) is 10.1. The van der Waals surface area contributed by atoms with Crippen molar-refractivity contribution in [2.24, 2.45) is 5.73 Å². The van der Waals surface area contributed by atoms with Crippen LogP contribution in [-0.4, -0.2) is 21.9 Å². The van der Waals surface area contributed by atoms with Gasteiger partial charge in [-0.25, -0.2) is 0 Å². The largest absolute Gasteiger partial charge is 0.389 e. The number of aryl methyl sites for hydroxylation is 1. The van der Waals surface area contributed by atoms with E-state index in [0.29, 0.717) is 4.99 Å². The van der Waals surface area contributed by atoms with Gasteiger partial charge >= 0.3 is 0 Å². The number of aromatic nitrogens is 1. The molecule has 2 N–H and O–H groups in total. The van der Waals surface area contributed by atoms with E-state index < -0.39 is 0 Å². The van der Waals surface area contributed by atoms with E-state index in [1.807, 2.05) is 30.5 Å². The van der Waals surface area contributed by atoms with E-state index in [9.17, 15) is 0 Å². The molecule has 0 atom stereocenters. The highest BCUT2D eigenvalue weighted by molar-refractivity contribution is 7.80. The molecule has 1 aromatic heterocycles. The van der Waals surface area contributed by atoms with Crippen LogP contribution in [0.3, 0.4) is 0 Å². The van der Waals surface area contributed by atoms with Gasteiger partial charge in [-0.05, 0) is 37.2 Å². The average molecular weight is 285 g/mol. The van der Waals surface area contributed by atoms with E-state index in [1.54, 1.807) is 0 Å². The Balaban J connectivity index is 2.05. The summed E-state index contributed by atoms with van der Waals surface area (Å²) in [6.07, 6.45) is 1.84. The van der Waals surface area contributed by atoms with Crippen LogP contribution in [-0.2, 0) is 13.1 Å². The summed E-state index contributed by atoms with van der Waals surface area (Å²) in [5.74, 6) is 0. The van der Waals surface area contributed by atoms with Gasteiger partial charge in [-0.3, -0.25) is 9.88 Å². The van der Waals surface area contributed by atoms with E-state index in [0.717, 1.165) is 24.3 Å². The fourth-order valence-corrected chi connectivity index (χ4v) is 2.26. The molecular weight excluding hydrogens is 266 g/mol. The van der Waals surface area contributed by atoms with Gasteiger partial charge in [0.15, 0.2) is 0 Å². The molecule has 0 spiro atoms. The van der Waals surface area contributed by atoms with E-state index in [-0.39, 0.29) is 0 Å². The van der Waals surface area contributed by atoms with Crippen LogP contribution < -0.4 is 5.73 Å². The van der Waals surface area contributed by atoms with Crippen molar-refractivity contribution in [3.05, 3.63) is 65.0 Å². The average Bonchev–Trinajstić information content (AvgIpc) is 2.41. The second-order valence-corrected chi connectivity index (χ2v) is 5.44. The fourth-order valence-electron chi connectivity index (χ4n) is 2.13. The van der Waals surface area contributed by atoms with Gasteiger partial charge in [-0.15, -0.1) is 0 Å². The minimum atomic E-state index is 0.440. The lowest BCUT2D eigenvalue weighted by Gasteiger charge is -2.17. The van der Waals surface area contributed by atoms with E-state index >= 15 is 0 Å². The molecule has 1 heterocycles. The summed E-state index contributed by atoms with van der Waals surface area (Å²) >= 11 is 5.01. The molecule has 104 valence electrons. The van der Waals surface area contributed by atoms with Crippen LogP contribution >= 0.6 is 12.2 Å². The molecule has 0 unspecified atom stereocenters. The summed E-state index contributed by atoms with van der Waals surface area (Å²) in [7, 11) is 2.08. The molecule has 0 aliphatic heterocycles. The SMILES string of the molecule is Cc1cccnc1CN(C)Cc1cccc(C(N)=S)c1. The standard InChI is InChI=1S/C16H19N3S/c1-12-5-4-8-18-15(12)11-19(2)10-13-6-3-7-14(9-13)16(17)20/h3-9H,10-11H2,1-2H3,(H2,17,20). The predicted molar refractivity (Wildman–Crippen MR) is 86.5 cm³/mol. The molecule has 4 heteroatoms. The number of hydrogen-bond acceptors (Lipinski definition) is 3. The van der Waals surface area contributed by atoms with Crippen LogP contribution in [0.15, 0.2) is 42.6 Å². The smallest absolute Gasteiger partial charge is 0.103 e. The molecule has 3 nitrogen and oxygen atoms in total. The van der Waals surface area contributed by atoms with Crippen LogP contribution in [0.1, 0.15) is 22.4 Å². The first-order valence-electron chi connectivity index (χ1n) is 6.54. The minimum absolute atomic E-state index is 0.440. The molecule has 2 aromatic rings. The van der Waals surface area contributed by atoms with Crippen LogP contribution in [0.4, 0.5) is 0 Å². The van der Waals surface area contributed by atoms with E-state index in [4.69, 9.17) is 18.0 Å². The van der Waals surface area contributed by atoms with Crippen molar-refractivity contribution >= 4 is 17.2 Å². The van der Waals surface area contributed by atoms with Gasteiger partial charge in [0.2, 0.25) is 0 Å². The lowest BCUT2D eigenvalue weighted by molar-refractivity contribution is 0.314. The number of nitrogens with two attached hydrogens (primary N) is 1. The van der Waals surface area contributed by atoms with Crippen molar-refractivity contribution in [1.29, 1.82) is 0 Å². The van der Waals surface area contributed by atoms with Crippen molar-refractivity contribution in [3.8, 4) is 0 Å². The maximum Gasteiger partial charge on any atom is 0.103 e. The van der Waals surface area contributed by atoms with Gasteiger partial charge in [0.1, 0.15) is 4.99 Å². The third kappa shape index (κ3) is 3.85. The molecule has 0 radical (unpaired) electrons. The third-order valence-electron chi connectivity index (χ3n) is 3.20. The number of benzene rings is 1. The first-order valence-corrected chi connectivity index (χ1v) is 6.95. The quantitative estimate of drug-likeness (QED) is 0.858. The first-order chi connectivity index (χ1) is 9.56. The Morgan fingerprint density at radius 2 is 2.05 bits per heavy atom. The Bertz CT molecular complexity index is 610. The van der Waals surface area contributed by atoms with Crippen molar-refractivity contribution in [1.82, 2.24) is 9.88 Å². The van der Waals surface area contributed by atoms with Gasteiger partial charge < -0.3 is 5.73 Å².